The van der Waals surface area contributed by atoms with Crippen LogP contribution in [0.4, 0.5) is 10.1 Å². The van der Waals surface area contributed by atoms with Crippen molar-refractivity contribution in [1.29, 1.82) is 0 Å². The van der Waals surface area contributed by atoms with Gasteiger partial charge in [-0.15, -0.1) is 0 Å². The van der Waals surface area contributed by atoms with E-state index in [0.717, 1.165) is 23.8 Å². The van der Waals surface area contributed by atoms with Crippen molar-refractivity contribution in [1.82, 2.24) is 4.72 Å². The first kappa shape index (κ1) is 21.2. The van der Waals surface area contributed by atoms with E-state index in [1.54, 1.807) is 44.4 Å². The lowest BCUT2D eigenvalue weighted by atomic mass is 10.1. The van der Waals surface area contributed by atoms with Crippen molar-refractivity contribution in [3.63, 3.8) is 0 Å². The minimum Gasteiger partial charge on any atom is -0.322 e. The van der Waals surface area contributed by atoms with Crippen LogP contribution in [-0.2, 0) is 26.6 Å². The molecule has 0 heterocycles. The minimum absolute atomic E-state index is 0.196. The van der Waals surface area contributed by atoms with Crippen molar-refractivity contribution in [3.05, 3.63) is 59.4 Å². The van der Waals surface area contributed by atoms with Crippen molar-refractivity contribution in [2.45, 2.75) is 30.5 Å². The fourth-order valence-corrected chi connectivity index (χ4v) is 4.32. The molecule has 2 rings (SSSR count). The van der Waals surface area contributed by atoms with E-state index in [1.807, 2.05) is 0 Å². The second kappa shape index (κ2) is 8.73. The van der Waals surface area contributed by atoms with Gasteiger partial charge in [-0.25, -0.2) is 17.5 Å². The number of anilines is 1. The molecule has 0 aliphatic carbocycles. The highest BCUT2D eigenvalue weighted by Gasteiger charge is 2.20. The molecule has 0 radical (unpaired) electrons. The average molecular weight is 413 g/mol. The van der Waals surface area contributed by atoms with Crippen LogP contribution in [0.3, 0.4) is 0 Å². The summed E-state index contributed by atoms with van der Waals surface area (Å²) in [4.78, 5) is 12.2. The first-order valence-electron chi connectivity index (χ1n) is 8.10. The summed E-state index contributed by atoms with van der Waals surface area (Å²) >= 11 is 0. The number of sulfonamides is 1. The largest absolute Gasteiger partial charge is 0.322 e. The third-order valence-corrected chi connectivity index (χ3v) is 5.83. The second-order valence-corrected chi connectivity index (χ2v) is 9.44. The number of benzene rings is 2. The van der Waals surface area contributed by atoms with Crippen LogP contribution in [0.2, 0.25) is 0 Å². The Morgan fingerprint density at radius 3 is 2.52 bits per heavy atom. The Hall–Kier alpha value is -2.10. The normalized spacial score (nSPS) is 12.8. The van der Waals surface area contributed by atoms with Gasteiger partial charge in [0.05, 0.1) is 10.5 Å². The van der Waals surface area contributed by atoms with Gasteiger partial charge in [0.2, 0.25) is 10.0 Å². The van der Waals surface area contributed by atoms with Crippen LogP contribution < -0.4 is 10.0 Å². The molecule has 2 N–H and O–H groups in total. The van der Waals surface area contributed by atoms with Gasteiger partial charge in [0.15, 0.2) is 0 Å². The highest BCUT2D eigenvalue weighted by atomic mass is 32.2. The average Bonchev–Trinajstić information content (AvgIpc) is 2.53. The van der Waals surface area contributed by atoms with E-state index in [2.05, 4.69) is 10.0 Å². The van der Waals surface area contributed by atoms with Crippen molar-refractivity contribution >= 4 is 32.4 Å². The molecular formula is C18H21FN2O4S2. The third-order valence-electron chi connectivity index (χ3n) is 3.44. The molecule has 1 unspecified atom stereocenters. The Labute approximate surface area is 160 Å². The first-order valence-corrected chi connectivity index (χ1v) is 11.3. The quantitative estimate of drug-likeness (QED) is 0.731. The fourth-order valence-electron chi connectivity index (χ4n) is 2.40. The van der Waals surface area contributed by atoms with E-state index in [0.29, 0.717) is 11.4 Å². The van der Waals surface area contributed by atoms with Gasteiger partial charge in [-0.2, -0.15) is 0 Å². The van der Waals surface area contributed by atoms with Crippen LogP contribution in [0.15, 0.2) is 47.4 Å². The minimum atomic E-state index is -3.86. The number of hydrogen-bond acceptors (Lipinski definition) is 4. The molecule has 0 saturated carbocycles. The van der Waals surface area contributed by atoms with Crippen LogP contribution in [0.25, 0.3) is 0 Å². The lowest BCUT2D eigenvalue weighted by molar-refractivity contribution is 0.102. The van der Waals surface area contributed by atoms with E-state index >= 15 is 0 Å². The van der Waals surface area contributed by atoms with Gasteiger partial charge in [-0.1, -0.05) is 12.1 Å². The zero-order valence-corrected chi connectivity index (χ0v) is 16.8. The number of amides is 1. The zero-order chi connectivity index (χ0) is 20.2. The summed E-state index contributed by atoms with van der Waals surface area (Å²) in [7, 11) is -4.90. The molecule has 0 spiro atoms. The molecule has 0 aliphatic rings. The monoisotopic (exact) mass is 412 g/mol. The predicted molar refractivity (Wildman–Crippen MR) is 104 cm³/mol. The Morgan fingerprint density at radius 1 is 1.19 bits per heavy atom. The maximum Gasteiger partial charge on any atom is 0.258 e. The fraction of sp³-hybridized carbons (Fsp3) is 0.278. The smallest absolute Gasteiger partial charge is 0.258 e. The Morgan fingerprint density at radius 2 is 1.89 bits per heavy atom. The Bertz CT molecular complexity index is 975. The topological polar surface area (TPSA) is 92.3 Å². The van der Waals surface area contributed by atoms with Gasteiger partial charge < -0.3 is 5.32 Å². The van der Waals surface area contributed by atoms with Crippen molar-refractivity contribution in [2.24, 2.45) is 0 Å². The molecule has 0 fully saturated rings. The van der Waals surface area contributed by atoms with Crippen LogP contribution in [-0.4, -0.2) is 30.8 Å². The predicted octanol–water partition coefficient (Wildman–Crippen LogP) is 2.64. The summed E-state index contributed by atoms with van der Waals surface area (Å²) in [5.41, 5.74) is 0.772. The molecule has 9 heteroatoms. The summed E-state index contributed by atoms with van der Waals surface area (Å²) in [6.07, 6.45) is 1.57. The molecule has 2 aromatic rings. The lowest BCUT2D eigenvalue weighted by Gasteiger charge is -2.12. The van der Waals surface area contributed by atoms with Crippen molar-refractivity contribution < 1.29 is 21.8 Å². The molecule has 27 heavy (non-hydrogen) atoms. The maximum atomic E-state index is 14.1. The number of nitrogens with one attached hydrogen (secondary N) is 2. The second-order valence-electron chi connectivity index (χ2n) is 6.29. The third kappa shape index (κ3) is 5.95. The molecule has 0 aliphatic heterocycles. The highest BCUT2D eigenvalue weighted by molar-refractivity contribution is 7.89. The number of hydrogen-bond donors (Lipinski definition) is 2. The lowest BCUT2D eigenvalue weighted by Crippen LogP contribution is -2.30. The summed E-state index contributed by atoms with van der Waals surface area (Å²) < 4.78 is 52.3. The van der Waals surface area contributed by atoms with Gasteiger partial charge >= 0.3 is 0 Å². The molecule has 0 aromatic heterocycles. The number of carbonyl (C=O) groups excluding carboxylic acids is 1. The molecule has 146 valence electrons. The van der Waals surface area contributed by atoms with Crippen molar-refractivity contribution in [2.75, 3.05) is 11.6 Å². The molecule has 1 amide bonds. The number of halogens is 1. The first-order chi connectivity index (χ1) is 12.6. The van der Waals surface area contributed by atoms with Gasteiger partial charge in [0.25, 0.3) is 5.91 Å². The molecule has 2 aromatic carbocycles. The van der Waals surface area contributed by atoms with Gasteiger partial charge in [0, 0.05) is 34.5 Å². The van der Waals surface area contributed by atoms with Gasteiger partial charge in [-0.3, -0.25) is 9.00 Å². The summed E-state index contributed by atoms with van der Waals surface area (Å²) in [6, 6.07) is 9.40. The van der Waals surface area contributed by atoms with Crippen LogP contribution in [0, 0.1) is 5.82 Å². The number of rotatable bonds is 7. The summed E-state index contributed by atoms with van der Waals surface area (Å²) in [5, 5.41) is 2.54. The van der Waals surface area contributed by atoms with Gasteiger partial charge in [0.1, 0.15) is 5.82 Å². The zero-order valence-electron chi connectivity index (χ0n) is 15.2. The molecule has 1 atom stereocenters. The maximum absolute atomic E-state index is 14.1. The van der Waals surface area contributed by atoms with E-state index < -0.39 is 32.5 Å². The molecular weight excluding hydrogens is 391 g/mol. The SMILES string of the molecule is CC(C)NS(=O)(=O)c1ccc(F)c(C(=O)Nc2cccc(CS(C)=O)c2)c1. The molecule has 0 bridgehead atoms. The van der Waals surface area contributed by atoms with E-state index in [-0.39, 0.29) is 16.5 Å². The van der Waals surface area contributed by atoms with E-state index in [9.17, 15) is 21.8 Å². The number of carbonyl (C=O) groups is 1. The Balaban J connectivity index is 2.29. The van der Waals surface area contributed by atoms with E-state index in [1.165, 1.54) is 0 Å². The molecule has 0 saturated heterocycles. The summed E-state index contributed by atoms with van der Waals surface area (Å²) in [5.74, 6) is -1.28. The molecule has 6 nitrogen and oxygen atoms in total. The standard InChI is InChI=1S/C18H21FN2O4S2/c1-12(2)21-27(24,25)15-7-8-17(19)16(10-15)18(22)20-14-6-4-5-13(9-14)11-26(3)23/h4-10,12,21H,11H2,1-3H3,(H,20,22). The van der Waals surface area contributed by atoms with Crippen LogP contribution >= 0.6 is 0 Å². The summed E-state index contributed by atoms with van der Waals surface area (Å²) in [6.45, 7) is 3.32. The van der Waals surface area contributed by atoms with Crippen LogP contribution in [0.5, 0.6) is 0 Å². The van der Waals surface area contributed by atoms with Crippen molar-refractivity contribution in [3.8, 4) is 0 Å². The Kier molecular flexibility index (Phi) is 6.85. The van der Waals surface area contributed by atoms with Gasteiger partial charge in [-0.05, 0) is 49.7 Å². The van der Waals surface area contributed by atoms with Crippen LogP contribution in [0.1, 0.15) is 29.8 Å². The highest BCUT2D eigenvalue weighted by Crippen LogP contribution is 2.18. The van der Waals surface area contributed by atoms with E-state index in [4.69, 9.17) is 0 Å².